The molecule has 0 spiro atoms. The molecule has 1 atom stereocenters. The fourth-order valence-electron chi connectivity index (χ4n) is 4.55. The molecule has 8 nitrogen and oxygen atoms in total. The van der Waals surface area contributed by atoms with Crippen LogP contribution in [-0.2, 0) is 26.0 Å². The zero-order valence-electron chi connectivity index (χ0n) is 24.4. The molecule has 0 saturated heterocycles. The van der Waals surface area contributed by atoms with Crippen molar-refractivity contribution in [3.8, 4) is 5.75 Å². The number of benzene rings is 3. The molecule has 2 amide bonds. The highest BCUT2D eigenvalue weighted by Crippen LogP contribution is 2.33. The Morgan fingerprint density at radius 3 is 2.20 bits per heavy atom. The number of para-hydroxylation sites is 2. The van der Waals surface area contributed by atoms with Gasteiger partial charge in [-0.25, -0.2) is 8.42 Å². The first kappa shape index (κ1) is 31.7. The minimum Gasteiger partial charge on any atom is -0.492 e. The van der Waals surface area contributed by atoms with E-state index >= 15 is 0 Å². The minimum absolute atomic E-state index is 0.0609. The molecule has 0 radical (unpaired) electrons. The average molecular weight is 580 g/mol. The molecule has 0 aliphatic carbocycles. The van der Waals surface area contributed by atoms with Crippen LogP contribution < -0.4 is 14.4 Å². The number of nitrogens with zero attached hydrogens (tertiary/aromatic N) is 2. The zero-order chi connectivity index (χ0) is 29.8. The van der Waals surface area contributed by atoms with Gasteiger partial charge in [0.15, 0.2) is 0 Å². The summed E-state index contributed by atoms with van der Waals surface area (Å²) in [5.41, 5.74) is 2.19. The molecule has 0 heterocycles. The topological polar surface area (TPSA) is 96.0 Å². The van der Waals surface area contributed by atoms with E-state index in [-0.39, 0.29) is 23.0 Å². The number of aryl methyl sites for hydroxylation is 1. The number of carbonyl (C=O) groups excluding carboxylic acids is 2. The van der Waals surface area contributed by atoms with E-state index in [2.05, 4.69) is 5.32 Å². The number of hydrogen-bond donors (Lipinski definition) is 1. The first-order chi connectivity index (χ1) is 19.7. The quantitative estimate of drug-likeness (QED) is 0.275. The fraction of sp³-hybridized carbons (Fsp3) is 0.375. The summed E-state index contributed by atoms with van der Waals surface area (Å²) in [4.78, 5) is 28.9. The smallest absolute Gasteiger partial charge is 0.264 e. The molecule has 220 valence electrons. The molecule has 1 N–H and O–H groups in total. The van der Waals surface area contributed by atoms with Crippen LogP contribution in [0.4, 0.5) is 5.69 Å². The molecule has 41 heavy (non-hydrogen) atoms. The second-order valence-electron chi connectivity index (χ2n) is 9.76. The van der Waals surface area contributed by atoms with Gasteiger partial charge >= 0.3 is 0 Å². The second kappa shape index (κ2) is 15.2. The number of anilines is 1. The summed E-state index contributed by atoms with van der Waals surface area (Å²) in [6, 6.07) is 22.2. The van der Waals surface area contributed by atoms with Crippen LogP contribution in [0.1, 0.15) is 44.7 Å². The van der Waals surface area contributed by atoms with Gasteiger partial charge in [-0.1, -0.05) is 74.0 Å². The van der Waals surface area contributed by atoms with Crippen LogP contribution in [0.25, 0.3) is 0 Å². The lowest BCUT2D eigenvalue weighted by molar-refractivity contribution is -0.139. The molecule has 0 aliphatic heterocycles. The number of rotatable bonds is 15. The Morgan fingerprint density at radius 1 is 0.902 bits per heavy atom. The van der Waals surface area contributed by atoms with Gasteiger partial charge in [0.25, 0.3) is 10.0 Å². The number of sulfonamides is 1. The maximum absolute atomic E-state index is 14.1. The lowest BCUT2D eigenvalue weighted by atomic mass is 10.1. The van der Waals surface area contributed by atoms with Crippen molar-refractivity contribution in [1.29, 1.82) is 0 Å². The van der Waals surface area contributed by atoms with Crippen LogP contribution in [0.5, 0.6) is 5.75 Å². The Hall–Kier alpha value is -3.85. The summed E-state index contributed by atoms with van der Waals surface area (Å²) >= 11 is 0. The molecule has 3 rings (SSSR count). The summed E-state index contributed by atoms with van der Waals surface area (Å²) < 4.78 is 35.0. The standard InChI is InChI=1S/C32H41N3O5S/c1-5-22-33-32(37)28(6-2)34(23-21-26-13-9-8-10-14-26)31(36)24-35(29-15-11-12-16-30(29)40-7-3)41(38,39)27-19-17-25(4)18-20-27/h8-20,28H,5-7,21-24H2,1-4H3,(H,33,37)/t28-/m1/s1. The predicted molar refractivity (Wildman–Crippen MR) is 163 cm³/mol. The zero-order valence-corrected chi connectivity index (χ0v) is 25.2. The van der Waals surface area contributed by atoms with Crippen molar-refractivity contribution in [3.05, 3.63) is 90.0 Å². The SMILES string of the molecule is CCCNC(=O)[C@@H](CC)N(CCc1ccccc1)C(=O)CN(c1ccccc1OCC)S(=O)(=O)c1ccc(C)cc1. The number of amides is 2. The van der Waals surface area contributed by atoms with Crippen molar-refractivity contribution < 1.29 is 22.7 Å². The van der Waals surface area contributed by atoms with E-state index in [4.69, 9.17) is 4.74 Å². The second-order valence-corrected chi connectivity index (χ2v) is 11.6. The maximum atomic E-state index is 14.1. The van der Waals surface area contributed by atoms with Crippen LogP contribution in [-0.4, -0.2) is 57.4 Å². The molecule has 0 fully saturated rings. The van der Waals surface area contributed by atoms with Gasteiger partial charge in [0.1, 0.15) is 18.3 Å². The van der Waals surface area contributed by atoms with E-state index in [1.54, 1.807) is 36.4 Å². The van der Waals surface area contributed by atoms with Crippen LogP contribution in [0.3, 0.4) is 0 Å². The van der Waals surface area contributed by atoms with Crippen molar-refractivity contribution >= 4 is 27.5 Å². The first-order valence-electron chi connectivity index (χ1n) is 14.1. The third-order valence-corrected chi connectivity index (χ3v) is 8.51. The molecule has 0 aromatic heterocycles. The number of ether oxygens (including phenoxy) is 1. The summed E-state index contributed by atoms with van der Waals surface area (Å²) in [6.45, 7) is 8.08. The minimum atomic E-state index is -4.17. The number of carbonyl (C=O) groups is 2. The average Bonchev–Trinajstić information content (AvgIpc) is 2.98. The predicted octanol–water partition coefficient (Wildman–Crippen LogP) is 4.97. The highest BCUT2D eigenvalue weighted by molar-refractivity contribution is 7.92. The molecule has 0 aliphatic rings. The van der Waals surface area contributed by atoms with Crippen molar-refractivity contribution in [2.75, 3.05) is 30.5 Å². The molecule has 3 aromatic rings. The van der Waals surface area contributed by atoms with E-state index < -0.39 is 28.5 Å². The monoisotopic (exact) mass is 579 g/mol. The summed E-state index contributed by atoms with van der Waals surface area (Å²) in [5, 5.41) is 2.90. The van der Waals surface area contributed by atoms with Gasteiger partial charge in [-0.2, -0.15) is 0 Å². The normalized spacial score (nSPS) is 11.9. The van der Waals surface area contributed by atoms with E-state index in [9.17, 15) is 18.0 Å². The Balaban J connectivity index is 2.05. The first-order valence-corrected chi connectivity index (χ1v) is 15.6. The Bertz CT molecular complexity index is 1380. The van der Waals surface area contributed by atoms with E-state index in [1.807, 2.05) is 58.0 Å². The Labute approximate surface area is 244 Å². The molecule has 0 saturated carbocycles. The molecular weight excluding hydrogens is 538 g/mol. The summed E-state index contributed by atoms with van der Waals surface area (Å²) in [6.07, 6.45) is 1.66. The van der Waals surface area contributed by atoms with Gasteiger partial charge in [0.05, 0.1) is 17.2 Å². The number of nitrogens with one attached hydrogen (secondary N) is 1. The van der Waals surface area contributed by atoms with Crippen LogP contribution in [0, 0.1) is 6.92 Å². The summed E-state index contributed by atoms with van der Waals surface area (Å²) in [5.74, 6) is -0.373. The molecule has 9 heteroatoms. The third kappa shape index (κ3) is 8.33. The summed E-state index contributed by atoms with van der Waals surface area (Å²) in [7, 11) is -4.17. The lowest BCUT2D eigenvalue weighted by Crippen LogP contribution is -2.53. The van der Waals surface area contributed by atoms with E-state index in [0.29, 0.717) is 31.7 Å². The molecule has 0 unspecified atom stereocenters. The molecular formula is C32H41N3O5S. The van der Waals surface area contributed by atoms with E-state index in [1.165, 1.54) is 17.0 Å². The Morgan fingerprint density at radius 2 is 1.56 bits per heavy atom. The van der Waals surface area contributed by atoms with Crippen molar-refractivity contribution in [2.45, 2.75) is 57.9 Å². The fourth-order valence-corrected chi connectivity index (χ4v) is 5.98. The van der Waals surface area contributed by atoms with Gasteiger partial charge in [-0.15, -0.1) is 0 Å². The van der Waals surface area contributed by atoms with Gasteiger partial charge in [-0.3, -0.25) is 13.9 Å². The largest absolute Gasteiger partial charge is 0.492 e. The van der Waals surface area contributed by atoms with Gasteiger partial charge in [0.2, 0.25) is 11.8 Å². The highest BCUT2D eigenvalue weighted by Gasteiger charge is 2.34. The van der Waals surface area contributed by atoms with Crippen LogP contribution in [0.15, 0.2) is 83.8 Å². The van der Waals surface area contributed by atoms with Crippen LogP contribution >= 0.6 is 0 Å². The maximum Gasteiger partial charge on any atom is 0.264 e. The van der Waals surface area contributed by atoms with Crippen molar-refractivity contribution in [1.82, 2.24) is 10.2 Å². The van der Waals surface area contributed by atoms with E-state index in [0.717, 1.165) is 21.9 Å². The van der Waals surface area contributed by atoms with Crippen LogP contribution in [0.2, 0.25) is 0 Å². The Kier molecular flexibility index (Phi) is 11.8. The highest BCUT2D eigenvalue weighted by atomic mass is 32.2. The van der Waals surface area contributed by atoms with Gasteiger partial charge < -0.3 is 15.0 Å². The molecule has 3 aromatic carbocycles. The van der Waals surface area contributed by atoms with Gasteiger partial charge in [-0.05, 0) is 62.9 Å². The molecule has 0 bridgehead atoms. The number of hydrogen-bond acceptors (Lipinski definition) is 5. The van der Waals surface area contributed by atoms with Gasteiger partial charge in [0, 0.05) is 13.1 Å². The van der Waals surface area contributed by atoms with Crippen molar-refractivity contribution in [3.63, 3.8) is 0 Å². The van der Waals surface area contributed by atoms with Crippen molar-refractivity contribution in [2.24, 2.45) is 0 Å². The lowest BCUT2D eigenvalue weighted by Gasteiger charge is -2.33. The third-order valence-electron chi connectivity index (χ3n) is 6.74.